The normalized spacial score (nSPS) is 15.2. The van der Waals surface area contributed by atoms with Crippen LogP contribution in [-0.4, -0.2) is 33.5 Å². The topological polar surface area (TPSA) is 71.8 Å². The summed E-state index contributed by atoms with van der Waals surface area (Å²) in [6.45, 7) is 3.71. The summed E-state index contributed by atoms with van der Waals surface area (Å²) in [7, 11) is 0. The fourth-order valence-electron chi connectivity index (χ4n) is 5.99. The minimum absolute atomic E-state index is 0.125. The Morgan fingerprint density at radius 2 is 1.79 bits per heavy atom. The number of piperidine rings is 1. The Labute approximate surface area is 242 Å². The molecule has 1 saturated heterocycles. The molecule has 0 aliphatic carbocycles. The smallest absolute Gasteiger partial charge is 0.345 e. The Kier molecular flexibility index (Phi) is 7.68. The number of para-hydroxylation sites is 1. The van der Waals surface area contributed by atoms with Crippen LogP contribution in [0.4, 0.5) is 13.2 Å². The number of alkyl halides is 3. The largest absolute Gasteiger partial charge is 0.416 e. The van der Waals surface area contributed by atoms with E-state index in [1.54, 1.807) is 6.07 Å². The summed E-state index contributed by atoms with van der Waals surface area (Å²) in [5, 5.41) is 8.60. The number of rotatable bonds is 7. The molecule has 1 atom stereocenters. The number of aromatic nitrogens is 3. The number of carbonyl (C=O) groups excluding carboxylic acids is 1. The lowest BCUT2D eigenvalue weighted by Gasteiger charge is -2.27. The number of pyridine rings is 1. The minimum atomic E-state index is -4.41. The number of benzene rings is 3. The van der Waals surface area contributed by atoms with Crippen molar-refractivity contribution in [3.05, 3.63) is 95.8 Å². The predicted molar refractivity (Wildman–Crippen MR) is 158 cm³/mol. The van der Waals surface area contributed by atoms with E-state index in [4.69, 9.17) is 4.98 Å². The molecule has 6 rings (SSSR count). The summed E-state index contributed by atoms with van der Waals surface area (Å²) in [4.78, 5) is 23.6. The van der Waals surface area contributed by atoms with E-state index in [1.165, 1.54) is 12.1 Å². The fourth-order valence-corrected chi connectivity index (χ4v) is 5.99. The predicted octanol–water partition coefficient (Wildman–Crippen LogP) is 7.47. The molecular weight excluding hydrogens is 539 g/mol. The molecule has 0 unspecified atom stereocenters. The average molecular weight is 572 g/mol. The summed E-state index contributed by atoms with van der Waals surface area (Å²) in [6, 6.07) is 18.4. The van der Waals surface area contributed by atoms with Gasteiger partial charge in [-0.05, 0) is 67.6 Å². The van der Waals surface area contributed by atoms with Gasteiger partial charge >= 0.3 is 6.18 Å². The van der Waals surface area contributed by atoms with Gasteiger partial charge in [0.05, 0.1) is 28.2 Å². The zero-order valence-electron chi connectivity index (χ0n) is 23.3. The molecule has 0 radical (unpaired) electrons. The Bertz CT molecular complexity index is 1720. The Morgan fingerprint density at radius 3 is 2.52 bits per heavy atom. The third-order valence-electron chi connectivity index (χ3n) is 8.06. The summed E-state index contributed by atoms with van der Waals surface area (Å²) in [5.41, 5.74) is 2.80. The van der Waals surface area contributed by atoms with Gasteiger partial charge in [0.1, 0.15) is 5.82 Å². The van der Waals surface area contributed by atoms with Crippen molar-refractivity contribution in [2.75, 3.05) is 13.1 Å². The van der Waals surface area contributed by atoms with Gasteiger partial charge in [-0.3, -0.25) is 9.78 Å². The molecule has 9 heteroatoms. The van der Waals surface area contributed by atoms with Crippen LogP contribution in [0.15, 0.2) is 79.1 Å². The number of halogens is 3. The van der Waals surface area contributed by atoms with E-state index in [9.17, 15) is 18.0 Å². The van der Waals surface area contributed by atoms with Gasteiger partial charge in [0.25, 0.3) is 5.91 Å². The SMILES string of the molecule is CCC[C@H](NC(=O)c1cccc2nc(-c3cncc4ccccc34)n(C3CCNCC3)c12)c1ccc(C(F)(F)F)cc1. The van der Waals surface area contributed by atoms with Crippen molar-refractivity contribution in [1.82, 2.24) is 25.2 Å². The second kappa shape index (κ2) is 11.6. The van der Waals surface area contributed by atoms with Crippen molar-refractivity contribution < 1.29 is 18.0 Å². The number of imidazole rings is 1. The summed E-state index contributed by atoms with van der Waals surface area (Å²) < 4.78 is 41.7. The maximum Gasteiger partial charge on any atom is 0.416 e. The minimum Gasteiger partial charge on any atom is -0.345 e. The molecule has 3 aromatic carbocycles. The zero-order chi connectivity index (χ0) is 29.3. The van der Waals surface area contributed by atoms with Crippen LogP contribution in [0.5, 0.6) is 0 Å². The van der Waals surface area contributed by atoms with Crippen LogP contribution in [-0.2, 0) is 6.18 Å². The lowest BCUT2D eigenvalue weighted by molar-refractivity contribution is -0.137. The number of nitrogens with one attached hydrogen (secondary N) is 2. The number of amides is 1. The van der Waals surface area contributed by atoms with E-state index in [0.29, 0.717) is 23.1 Å². The van der Waals surface area contributed by atoms with Gasteiger partial charge in [0, 0.05) is 29.4 Å². The second-order valence-electron chi connectivity index (χ2n) is 10.8. The van der Waals surface area contributed by atoms with Crippen molar-refractivity contribution >= 4 is 27.7 Å². The van der Waals surface area contributed by atoms with Gasteiger partial charge in [-0.1, -0.05) is 55.8 Å². The van der Waals surface area contributed by atoms with Gasteiger partial charge < -0.3 is 15.2 Å². The van der Waals surface area contributed by atoms with Crippen molar-refractivity contribution in [3.8, 4) is 11.4 Å². The molecule has 1 aliphatic heterocycles. The number of fused-ring (bicyclic) bond motifs is 2. The van der Waals surface area contributed by atoms with Crippen LogP contribution in [0.3, 0.4) is 0 Å². The number of carbonyl (C=O) groups is 1. The van der Waals surface area contributed by atoms with Crippen LogP contribution in [0, 0.1) is 0 Å². The van der Waals surface area contributed by atoms with Crippen LogP contribution in [0.1, 0.15) is 66.2 Å². The first-order chi connectivity index (χ1) is 20.3. The molecule has 2 aromatic heterocycles. The molecule has 5 aromatic rings. The lowest BCUT2D eigenvalue weighted by atomic mass is 9.99. The Morgan fingerprint density at radius 1 is 1.02 bits per heavy atom. The highest BCUT2D eigenvalue weighted by atomic mass is 19.4. The molecule has 6 nitrogen and oxygen atoms in total. The van der Waals surface area contributed by atoms with E-state index < -0.39 is 17.8 Å². The fraction of sp³-hybridized carbons (Fsp3) is 0.303. The van der Waals surface area contributed by atoms with Crippen LogP contribution in [0.2, 0.25) is 0 Å². The molecule has 1 aliphatic rings. The van der Waals surface area contributed by atoms with Gasteiger partial charge in [-0.15, -0.1) is 0 Å². The summed E-state index contributed by atoms with van der Waals surface area (Å²) in [5.74, 6) is 0.492. The molecule has 3 heterocycles. The molecule has 1 fully saturated rings. The third-order valence-corrected chi connectivity index (χ3v) is 8.06. The first kappa shape index (κ1) is 27.9. The molecule has 42 heavy (non-hydrogen) atoms. The van der Waals surface area contributed by atoms with Crippen LogP contribution < -0.4 is 10.6 Å². The van der Waals surface area contributed by atoms with E-state index in [-0.39, 0.29) is 11.9 Å². The van der Waals surface area contributed by atoms with Crippen molar-refractivity contribution in [2.24, 2.45) is 0 Å². The molecule has 2 N–H and O–H groups in total. The zero-order valence-corrected chi connectivity index (χ0v) is 23.3. The summed E-state index contributed by atoms with van der Waals surface area (Å²) in [6.07, 6.45) is 2.37. The number of nitrogens with zero attached hydrogens (tertiary/aromatic N) is 3. The third kappa shape index (κ3) is 5.36. The standard InChI is InChI=1S/C33H32F3N5O/c1-2-6-28(21-11-13-23(14-12-21)33(34,35)36)40-32(42)26-9-5-10-29-30(26)41(24-15-17-37-18-16-24)31(39-29)27-20-38-19-22-7-3-4-8-25(22)27/h3-5,7-14,19-20,24,28,37H,2,6,15-18H2,1H3,(H,40,42)/t28-/m0/s1. The second-order valence-corrected chi connectivity index (χ2v) is 10.8. The van der Waals surface area contributed by atoms with E-state index in [1.807, 2.05) is 49.6 Å². The van der Waals surface area contributed by atoms with Crippen molar-refractivity contribution in [3.63, 3.8) is 0 Å². The highest BCUT2D eigenvalue weighted by molar-refractivity contribution is 6.06. The number of hydrogen-bond donors (Lipinski definition) is 2. The van der Waals surface area contributed by atoms with Gasteiger partial charge in [0.2, 0.25) is 0 Å². The maximum atomic E-state index is 14.0. The average Bonchev–Trinajstić information content (AvgIpc) is 3.40. The first-order valence-electron chi connectivity index (χ1n) is 14.4. The summed E-state index contributed by atoms with van der Waals surface area (Å²) >= 11 is 0. The first-order valence-corrected chi connectivity index (χ1v) is 14.4. The molecule has 216 valence electrons. The Hall–Kier alpha value is -4.24. The molecule has 0 saturated carbocycles. The van der Waals surface area contributed by atoms with Gasteiger partial charge in [-0.2, -0.15) is 13.2 Å². The van der Waals surface area contributed by atoms with Crippen LogP contribution in [0.25, 0.3) is 33.2 Å². The molecular formula is C33H32F3N5O. The highest BCUT2D eigenvalue weighted by Gasteiger charge is 2.31. The monoisotopic (exact) mass is 571 g/mol. The lowest BCUT2D eigenvalue weighted by Crippen LogP contribution is -2.31. The van der Waals surface area contributed by atoms with E-state index >= 15 is 0 Å². The van der Waals surface area contributed by atoms with Gasteiger partial charge in [0.15, 0.2) is 0 Å². The van der Waals surface area contributed by atoms with E-state index in [2.05, 4.69) is 26.3 Å². The molecule has 0 bridgehead atoms. The van der Waals surface area contributed by atoms with Crippen molar-refractivity contribution in [2.45, 2.75) is 50.9 Å². The maximum absolute atomic E-state index is 14.0. The molecule has 1 amide bonds. The number of hydrogen-bond acceptors (Lipinski definition) is 4. The van der Waals surface area contributed by atoms with Crippen molar-refractivity contribution in [1.29, 1.82) is 0 Å². The molecule has 0 spiro atoms. The van der Waals surface area contributed by atoms with Crippen LogP contribution >= 0.6 is 0 Å². The Balaban J connectivity index is 1.45. The quantitative estimate of drug-likeness (QED) is 0.213. The van der Waals surface area contributed by atoms with Gasteiger partial charge in [-0.25, -0.2) is 4.98 Å². The van der Waals surface area contributed by atoms with E-state index in [0.717, 1.165) is 72.2 Å². The highest BCUT2D eigenvalue weighted by Crippen LogP contribution is 2.37.